The molecular weight excluding hydrogens is 212 g/mol. The first-order valence-electron chi connectivity index (χ1n) is 6.35. The van der Waals surface area contributed by atoms with E-state index in [1.807, 2.05) is 0 Å². The summed E-state index contributed by atoms with van der Waals surface area (Å²) in [6, 6.07) is 11.3. The molecule has 0 bridgehead atoms. The summed E-state index contributed by atoms with van der Waals surface area (Å²) in [5, 5.41) is 0. The smallest absolute Gasteiger partial charge is 0.178 e. The van der Waals surface area contributed by atoms with E-state index in [4.69, 9.17) is 2.74 Å². The highest BCUT2D eigenvalue weighted by Crippen LogP contribution is 2.33. The molecule has 0 aromatic heterocycles. The lowest BCUT2D eigenvalue weighted by Crippen LogP contribution is -2.12. The molecule has 2 heteroatoms. The summed E-state index contributed by atoms with van der Waals surface area (Å²) in [4.78, 5) is 24.6. The summed E-state index contributed by atoms with van der Waals surface area (Å²) >= 11 is 0. The van der Waals surface area contributed by atoms with Gasteiger partial charge in [0.2, 0.25) is 0 Å². The monoisotopic (exact) mass is 224 g/mol. The van der Waals surface area contributed by atoms with E-state index < -0.39 is 5.92 Å². The zero-order valence-corrected chi connectivity index (χ0v) is 8.94. The molecule has 2 aromatic carbocycles. The van der Waals surface area contributed by atoms with Gasteiger partial charge in [0, 0.05) is 11.1 Å². The minimum Gasteiger partial charge on any atom is -0.293 e. The van der Waals surface area contributed by atoms with E-state index in [2.05, 4.69) is 0 Å². The Morgan fingerprint density at radius 2 is 1.35 bits per heavy atom. The van der Waals surface area contributed by atoms with Crippen LogP contribution in [0.15, 0.2) is 54.5 Å². The van der Waals surface area contributed by atoms with Crippen LogP contribution in [0.4, 0.5) is 0 Å². The fourth-order valence-corrected chi connectivity index (χ4v) is 2.14. The Morgan fingerprint density at radius 1 is 0.824 bits per heavy atom. The van der Waals surface area contributed by atoms with Crippen LogP contribution in [-0.2, 0) is 0 Å². The molecule has 0 aliphatic heterocycles. The van der Waals surface area contributed by atoms with Gasteiger partial charge in [0.25, 0.3) is 0 Å². The zero-order valence-electron chi connectivity index (χ0n) is 10.9. The van der Waals surface area contributed by atoms with Crippen LogP contribution < -0.4 is 0 Å². The normalized spacial score (nSPS) is 16.7. The van der Waals surface area contributed by atoms with Crippen molar-refractivity contribution >= 4 is 11.6 Å². The number of fused-ring (bicyclic) bond motifs is 1. The van der Waals surface area contributed by atoms with Crippen molar-refractivity contribution in [2.45, 2.75) is 5.92 Å². The Kier molecular flexibility index (Phi) is 1.72. The minimum absolute atomic E-state index is 0.0620. The number of hydrogen-bond acceptors (Lipinski definition) is 2. The number of Topliss-reactive ketones (excluding diaryl/α,β-unsaturated/α-hetero) is 2. The SMILES string of the molecule is [2H]c1cccc([2H])c1C1C(=O)c2ccccc2C1=O. The lowest BCUT2D eigenvalue weighted by molar-refractivity contribution is 0.0890. The van der Waals surface area contributed by atoms with Gasteiger partial charge in [-0.3, -0.25) is 9.59 Å². The highest BCUT2D eigenvalue weighted by Gasteiger charge is 2.38. The number of rotatable bonds is 1. The van der Waals surface area contributed by atoms with Crippen LogP contribution in [0, 0.1) is 0 Å². The van der Waals surface area contributed by atoms with Crippen LogP contribution in [0.2, 0.25) is 0 Å². The molecule has 2 aromatic rings. The van der Waals surface area contributed by atoms with Gasteiger partial charge < -0.3 is 0 Å². The third-order valence-electron chi connectivity index (χ3n) is 2.94. The van der Waals surface area contributed by atoms with Crippen molar-refractivity contribution in [3.63, 3.8) is 0 Å². The number of hydrogen-bond donors (Lipinski definition) is 0. The van der Waals surface area contributed by atoms with Gasteiger partial charge in [-0.2, -0.15) is 0 Å². The second-order valence-electron chi connectivity index (χ2n) is 3.94. The maximum atomic E-state index is 12.3. The fraction of sp³-hybridized carbons (Fsp3) is 0.0667. The predicted molar refractivity (Wildman–Crippen MR) is 64.3 cm³/mol. The molecule has 0 spiro atoms. The van der Waals surface area contributed by atoms with Crippen molar-refractivity contribution in [3.8, 4) is 0 Å². The van der Waals surface area contributed by atoms with Gasteiger partial charge in [0.1, 0.15) is 5.92 Å². The van der Waals surface area contributed by atoms with Crippen molar-refractivity contribution in [2.24, 2.45) is 0 Å². The third-order valence-corrected chi connectivity index (χ3v) is 2.94. The van der Waals surface area contributed by atoms with Crippen molar-refractivity contribution in [1.82, 2.24) is 0 Å². The molecule has 2 nitrogen and oxygen atoms in total. The number of benzene rings is 2. The summed E-state index contributed by atoms with van der Waals surface area (Å²) in [5.74, 6) is -1.65. The molecule has 0 N–H and O–H groups in total. The Morgan fingerprint density at radius 3 is 1.88 bits per heavy atom. The minimum atomic E-state index is -1.03. The van der Waals surface area contributed by atoms with Gasteiger partial charge >= 0.3 is 0 Å². The highest BCUT2D eigenvalue weighted by atomic mass is 16.2. The molecular formula is C15H10O2. The average molecular weight is 224 g/mol. The van der Waals surface area contributed by atoms with Gasteiger partial charge in [0.15, 0.2) is 11.6 Å². The van der Waals surface area contributed by atoms with Crippen LogP contribution in [0.1, 0.15) is 34.9 Å². The lowest BCUT2D eigenvalue weighted by Gasteiger charge is -2.05. The van der Waals surface area contributed by atoms with E-state index in [1.54, 1.807) is 30.3 Å². The molecule has 0 atom stereocenters. The Bertz CT molecular complexity index is 652. The summed E-state index contributed by atoms with van der Waals surface area (Å²) in [6.45, 7) is 0. The lowest BCUT2D eigenvalue weighted by atomic mass is 9.94. The van der Waals surface area contributed by atoms with Crippen molar-refractivity contribution in [2.75, 3.05) is 0 Å². The number of carbonyl (C=O) groups is 2. The molecule has 0 heterocycles. The second-order valence-corrected chi connectivity index (χ2v) is 3.94. The van der Waals surface area contributed by atoms with Crippen molar-refractivity contribution in [3.05, 3.63) is 71.2 Å². The van der Waals surface area contributed by atoms with Crippen LogP contribution in [0.3, 0.4) is 0 Å². The summed E-state index contributed by atoms with van der Waals surface area (Å²) in [6.07, 6.45) is 0. The quantitative estimate of drug-likeness (QED) is 0.698. The third kappa shape index (κ3) is 1.41. The molecule has 0 amide bonds. The van der Waals surface area contributed by atoms with Gasteiger partial charge in [-0.1, -0.05) is 54.5 Å². The standard InChI is InChI=1S/C15H10O2/c16-14-11-8-4-5-9-12(11)15(17)13(14)10-6-2-1-3-7-10/h1-9,13H/i6D,7D. The van der Waals surface area contributed by atoms with Crippen molar-refractivity contribution < 1.29 is 12.3 Å². The molecule has 0 saturated heterocycles. The van der Waals surface area contributed by atoms with Crippen LogP contribution in [-0.4, -0.2) is 11.6 Å². The molecule has 1 aliphatic carbocycles. The summed E-state index contributed by atoms with van der Waals surface area (Å²) < 4.78 is 15.7. The maximum Gasteiger partial charge on any atom is 0.178 e. The fourth-order valence-electron chi connectivity index (χ4n) is 2.14. The molecule has 0 fully saturated rings. The molecule has 17 heavy (non-hydrogen) atoms. The van der Waals surface area contributed by atoms with Gasteiger partial charge in [-0.15, -0.1) is 0 Å². The first-order chi connectivity index (χ1) is 9.11. The Hall–Kier alpha value is -2.22. The van der Waals surface area contributed by atoms with Crippen LogP contribution in [0.5, 0.6) is 0 Å². The summed E-state index contributed by atoms with van der Waals surface area (Å²) in [7, 11) is 0. The van der Waals surface area contributed by atoms with Crippen LogP contribution >= 0.6 is 0 Å². The zero-order chi connectivity index (χ0) is 13.6. The summed E-state index contributed by atoms with van der Waals surface area (Å²) in [5.41, 5.74) is 0.981. The maximum absolute atomic E-state index is 12.3. The van der Waals surface area contributed by atoms with Gasteiger partial charge in [-0.05, 0) is 5.56 Å². The van der Waals surface area contributed by atoms with E-state index in [9.17, 15) is 9.59 Å². The second kappa shape index (κ2) is 3.67. The topological polar surface area (TPSA) is 34.1 Å². The predicted octanol–water partition coefficient (Wildman–Crippen LogP) is 2.85. The number of ketones is 2. The highest BCUT2D eigenvalue weighted by molar-refractivity contribution is 6.29. The van der Waals surface area contributed by atoms with E-state index in [-0.39, 0.29) is 29.2 Å². The number of carbonyl (C=O) groups excluding carboxylic acids is 2. The van der Waals surface area contributed by atoms with E-state index in [0.717, 1.165) is 0 Å². The Labute approximate surface area is 102 Å². The molecule has 0 unspecified atom stereocenters. The average Bonchev–Trinajstić information content (AvgIpc) is 2.64. The van der Waals surface area contributed by atoms with Crippen molar-refractivity contribution in [1.29, 1.82) is 0 Å². The van der Waals surface area contributed by atoms with E-state index in [0.29, 0.717) is 11.1 Å². The first kappa shape index (κ1) is 7.96. The van der Waals surface area contributed by atoms with E-state index >= 15 is 0 Å². The Balaban J connectivity index is 2.20. The van der Waals surface area contributed by atoms with Gasteiger partial charge in [-0.25, -0.2) is 0 Å². The first-order valence-corrected chi connectivity index (χ1v) is 5.35. The van der Waals surface area contributed by atoms with E-state index in [1.165, 1.54) is 12.1 Å². The molecule has 0 saturated carbocycles. The molecule has 82 valence electrons. The molecule has 3 rings (SSSR count). The van der Waals surface area contributed by atoms with Gasteiger partial charge in [0.05, 0.1) is 2.74 Å². The van der Waals surface area contributed by atoms with Crippen LogP contribution in [0.25, 0.3) is 0 Å². The largest absolute Gasteiger partial charge is 0.293 e. The molecule has 0 radical (unpaired) electrons. The molecule has 1 aliphatic rings.